The number of hydrogen-bond donors (Lipinski definition) is 3. The number of ether oxygens (including phenoxy) is 2. The predicted octanol–water partition coefficient (Wildman–Crippen LogP) is 2.43. The molecule has 16 nitrogen and oxygen atoms in total. The van der Waals surface area contributed by atoms with Gasteiger partial charge in [-0.15, -0.1) is 0 Å². The van der Waals surface area contributed by atoms with E-state index in [2.05, 4.69) is 9.98 Å². The molecule has 1 aromatic carbocycles. The van der Waals surface area contributed by atoms with Gasteiger partial charge in [0.2, 0.25) is 5.96 Å². The van der Waals surface area contributed by atoms with Crippen molar-refractivity contribution in [1.82, 2.24) is 29.7 Å². The number of aryl methyl sites for hydroxylation is 1. The van der Waals surface area contributed by atoms with E-state index in [1.165, 1.54) is 6.20 Å². The summed E-state index contributed by atoms with van der Waals surface area (Å²) < 4.78 is 13.0. The zero-order valence-corrected chi connectivity index (χ0v) is 30.4. The summed E-state index contributed by atoms with van der Waals surface area (Å²) in [5.74, 6) is -0.563. The van der Waals surface area contributed by atoms with Crippen LogP contribution in [0.15, 0.2) is 44.8 Å². The van der Waals surface area contributed by atoms with Gasteiger partial charge in [0.05, 0.1) is 29.0 Å². The minimum atomic E-state index is -1.92. The number of pyridine rings is 2. The Morgan fingerprint density at radius 3 is 2.53 bits per heavy atom. The summed E-state index contributed by atoms with van der Waals surface area (Å²) in [5.41, 5.74) is 5.32. The van der Waals surface area contributed by atoms with Crippen molar-refractivity contribution in [2.75, 3.05) is 40.3 Å². The molecule has 1 fully saturated rings. The van der Waals surface area contributed by atoms with Crippen LogP contribution in [0.1, 0.15) is 61.4 Å². The maximum absolute atomic E-state index is 13.8. The topological polar surface area (TPSA) is 191 Å². The third-order valence-corrected chi connectivity index (χ3v) is 10.3. The number of aliphatic hydroxyl groups is 1. The number of aliphatic imine (C=N–C) groups is 2. The molecule has 1 atom stereocenters. The third-order valence-electron chi connectivity index (χ3n) is 10.3. The second kappa shape index (κ2) is 13.8. The number of nitrogens with one attached hydrogen (secondary N) is 1. The average Bonchev–Trinajstić information content (AvgIpc) is 3.40. The number of amides is 2. The zero-order chi connectivity index (χ0) is 37.8. The number of esters is 1. The molecule has 4 aliphatic rings. The number of carbonyl (C=O) groups is 3. The number of guanidine groups is 1. The largest absolute Gasteiger partial charge is 0.458 e. The van der Waals surface area contributed by atoms with Gasteiger partial charge in [-0.3, -0.25) is 14.8 Å². The summed E-state index contributed by atoms with van der Waals surface area (Å²) in [6.07, 6.45) is 1.82. The Bertz CT molecular complexity index is 2220. The number of cyclic esters (lactones) is 1. The molecule has 53 heavy (non-hydrogen) atoms. The Morgan fingerprint density at radius 2 is 1.85 bits per heavy atom. The molecule has 0 radical (unpaired) electrons. The normalized spacial score (nSPS) is 19.5. The molecule has 7 rings (SSSR count). The Morgan fingerprint density at radius 1 is 1.09 bits per heavy atom. The molecule has 1 saturated heterocycles. The summed E-state index contributed by atoms with van der Waals surface area (Å²) in [7, 11) is 3.87. The van der Waals surface area contributed by atoms with E-state index >= 15 is 0 Å². The molecule has 0 saturated carbocycles. The number of piperazine rings is 1. The van der Waals surface area contributed by atoms with Crippen LogP contribution in [0.3, 0.4) is 0 Å². The molecule has 0 bridgehead atoms. The quantitative estimate of drug-likeness (QED) is 0.150. The second-order valence-electron chi connectivity index (χ2n) is 13.9. The lowest BCUT2D eigenvalue weighted by Gasteiger charge is -2.34. The van der Waals surface area contributed by atoms with Gasteiger partial charge < -0.3 is 33.8 Å². The van der Waals surface area contributed by atoms with Crippen molar-refractivity contribution in [3.63, 3.8) is 0 Å². The van der Waals surface area contributed by atoms with Crippen LogP contribution in [-0.4, -0.2) is 104 Å². The molecular formula is C37H42N8O8. The SMILES string of the molecule is CCc1c2c(nc3ccc(OC(=O)N4CCN(C5=NC=C(C(=O)NO)CC(C)=N5)CC4)c(CN(C)C)c13)-c1cc3c(c(=O)n1C2)COC(=O)C3(O)CC. The molecule has 3 aromatic rings. The Labute approximate surface area is 305 Å². The zero-order valence-electron chi connectivity index (χ0n) is 30.4. The van der Waals surface area contributed by atoms with E-state index in [1.807, 2.05) is 36.9 Å². The molecule has 1 unspecified atom stereocenters. The highest BCUT2D eigenvalue weighted by Gasteiger charge is 2.45. The highest BCUT2D eigenvalue weighted by Crippen LogP contribution is 2.42. The van der Waals surface area contributed by atoms with E-state index < -0.39 is 23.6 Å². The second-order valence-corrected chi connectivity index (χ2v) is 13.9. The standard InChI is InChI=1S/C37H42N8O8/c1-6-22-23-18-45-28(15-26-25(33(45)47)19-52-34(48)37(26,50)7-2)31(23)40-27-8-9-29(24(30(22)27)17-42(4)5)53-36(49)44-12-10-43(11-13-44)35-38-16-21(32(46)41-51)14-20(3)39-35/h8-9,15-16,50-51H,6-7,10-14,17-19H2,1-5H3,(H,41,46). The Kier molecular flexibility index (Phi) is 9.38. The number of fused-ring (bicyclic) bond motifs is 5. The number of carbonyl (C=O) groups excluding carboxylic acids is 3. The highest BCUT2D eigenvalue weighted by atomic mass is 16.6. The summed E-state index contributed by atoms with van der Waals surface area (Å²) in [4.78, 5) is 71.6. The van der Waals surface area contributed by atoms with E-state index in [4.69, 9.17) is 19.7 Å². The number of hydroxylamine groups is 1. The van der Waals surface area contributed by atoms with Crippen LogP contribution in [-0.2, 0) is 46.0 Å². The van der Waals surface area contributed by atoms with Gasteiger partial charge in [0.15, 0.2) is 5.60 Å². The van der Waals surface area contributed by atoms with Crippen molar-refractivity contribution in [1.29, 1.82) is 0 Å². The molecule has 3 N–H and O–H groups in total. The first kappa shape index (κ1) is 35.9. The molecule has 16 heteroatoms. The number of rotatable bonds is 6. The summed E-state index contributed by atoms with van der Waals surface area (Å²) in [5, 5.41) is 21.2. The first-order chi connectivity index (χ1) is 25.4. The van der Waals surface area contributed by atoms with E-state index in [-0.39, 0.29) is 48.3 Å². The first-order valence-electron chi connectivity index (χ1n) is 17.6. The fourth-order valence-electron chi connectivity index (χ4n) is 7.59. The molecule has 2 amide bonds. The number of nitrogens with zero attached hydrogens (tertiary/aromatic N) is 7. The van der Waals surface area contributed by atoms with Crippen LogP contribution in [0, 0.1) is 0 Å². The van der Waals surface area contributed by atoms with E-state index in [1.54, 1.807) is 40.9 Å². The van der Waals surface area contributed by atoms with Gasteiger partial charge >= 0.3 is 12.1 Å². The van der Waals surface area contributed by atoms with Gasteiger partial charge in [-0.05, 0) is 57.6 Å². The summed E-state index contributed by atoms with van der Waals surface area (Å²) in [6, 6.07) is 5.27. The number of hydrogen-bond acceptors (Lipinski definition) is 13. The lowest BCUT2D eigenvalue weighted by atomic mass is 9.86. The molecule has 0 spiro atoms. The predicted molar refractivity (Wildman–Crippen MR) is 194 cm³/mol. The van der Waals surface area contributed by atoms with Crippen molar-refractivity contribution in [2.24, 2.45) is 9.98 Å². The Hall–Kier alpha value is -5.45. The average molecular weight is 727 g/mol. The van der Waals surface area contributed by atoms with Gasteiger partial charge in [-0.2, -0.15) is 0 Å². The van der Waals surface area contributed by atoms with Crippen molar-refractivity contribution >= 4 is 40.5 Å². The lowest BCUT2D eigenvalue weighted by molar-refractivity contribution is -0.172. The van der Waals surface area contributed by atoms with Crippen LogP contribution < -0.4 is 15.8 Å². The number of aromatic nitrogens is 2. The van der Waals surface area contributed by atoms with Gasteiger partial charge in [0.1, 0.15) is 12.4 Å². The van der Waals surface area contributed by atoms with Gasteiger partial charge in [-0.25, -0.2) is 30.0 Å². The summed E-state index contributed by atoms with van der Waals surface area (Å²) in [6.45, 7) is 7.59. The van der Waals surface area contributed by atoms with Crippen molar-refractivity contribution in [3.8, 4) is 17.1 Å². The molecule has 2 aromatic heterocycles. The smallest absolute Gasteiger partial charge is 0.415 e. The minimum Gasteiger partial charge on any atom is -0.458 e. The first-order valence-corrected chi connectivity index (χ1v) is 17.6. The van der Waals surface area contributed by atoms with Crippen molar-refractivity contribution in [2.45, 2.75) is 65.3 Å². The third kappa shape index (κ3) is 6.15. The molecule has 6 heterocycles. The van der Waals surface area contributed by atoms with Gasteiger partial charge in [-0.1, -0.05) is 13.8 Å². The van der Waals surface area contributed by atoms with Crippen molar-refractivity contribution in [3.05, 3.63) is 68.1 Å². The summed E-state index contributed by atoms with van der Waals surface area (Å²) >= 11 is 0. The number of benzene rings is 1. The minimum absolute atomic E-state index is 0.0559. The lowest BCUT2D eigenvalue weighted by Crippen LogP contribution is -2.51. The van der Waals surface area contributed by atoms with Crippen LogP contribution in [0.5, 0.6) is 5.75 Å². The Balaban J connectivity index is 1.19. The van der Waals surface area contributed by atoms with Crippen LogP contribution in [0.25, 0.3) is 22.3 Å². The van der Waals surface area contributed by atoms with Crippen LogP contribution >= 0.6 is 0 Å². The van der Waals surface area contributed by atoms with E-state index in [0.29, 0.717) is 73.5 Å². The van der Waals surface area contributed by atoms with E-state index in [0.717, 1.165) is 22.1 Å². The van der Waals surface area contributed by atoms with Crippen molar-refractivity contribution < 1.29 is 34.2 Å². The molecule has 278 valence electrons. The fourth-order valence-corrected chi connectivity index (χ4v) is 7.59. The molecular weight excluding hydrogens is 684 g/mol. The van der Waals surface area contributed by atoms with Gasteiger partial charge in [0.25, 0.3) is 11.5 Å². The van der Waals surface area contributed by atoms with E-state index in [9.17, 15) is 24.3 Å². The molecule has 4 aliphatic heterocycles. The van der Waals surface area contributed by atoms with Crippen LogP contribution in [0.2, 0.25) is 0 Å². The highest BCUT2D eigenvalue weighted by molar-refractivity contribution is 6.04. The van der Waals surface area contributed by atoms with Gasteiger partial charge in [0, 0.05) is 78.7 Å². The fraction of sp³-hybridized carbons (Fsp3) is 0.432. The maximum Gasteiger partial charge on any atom is 0.415 e. The van der Waals surface area contributed by atoms with Crippen LogP contribution in [0.4, 0.5) is 4.79 Å². The maximum atomic E-state index is 13.8. The monoisotopic (exact) mass is 726 g/mol. The molecule has 0 aliphatic carbocycles.